The summed E-state index contributed by atoms with van der Waals surface area (Å²) >= 11 is 4.86. The number of hydrogen-bond acceptors (Lipinski definition) is 5. The minimum absolute atomic E-state index is 0.128. The summed E-state index contributed by atoms with van der Waals surface area (Å²) in [5.41, 5.74) is 0. The van der Waals surface area contributed by atoms with E-state index in [1.165, 1.54) is 25.2 Å². The number of thioether (sulfide) groups is 1. The molecular weight excluding hydrogens is 280 g/mol. The Kier molecular flexibility index (Phi) is 5.04. The predicted octanol–water partition coefficient (Wildman–Crippen LogP) is 2.28. The third-order valence-corrected chi connectivity index (χ3v) is 3.59. The zero-order chi connectivity index (χ0) is 11.3. The third-order valence-electron chi connectivity index (χ3n) is 1.63. The molecule has 0 N–H and O–H groups in total. The van der Waals surface area contributed by atoms with E-state index in [-0.39, 0.29) is 11.2 Å². The lowest BCUT2D eigenvalue weighted by atomic mass is 10.3. The second kappa shape index (κ2) is 6.07. The van der Waals surface area contributed by atoms with Gasteiger partial charge in [0, 0.05) is 11.4 Å². The topological polar surface area (TPSA) is 52.1 Å². The highest BCUT2D eigenvalue weighted by molar-refractivity contribution is 9.10. The van der Waals surface area contributed by atoms with Crippen molar-refractivity contribution in [3.8, 4) is 0 Å². The highest BCUT2D eigenvalue weighted by Gasteiger charge is 2.12. The SMILES string of the molecule is COC(=O)CC(C)Sc1ncncc1Br. The molecule has 0 bridgehead atoms. The number of halogens is 1. The molecule has 0 aliphatic heterocycles. The van der Waals surface area contributed by atoms with Crippen molar-refractivity contribution in [3.63, 3.8) is 0 Å². The van der Waals surface area contributed by atoms with Crippen LogP contribution in [0.3, 0.4) is 0 Å². The highest BCUT2D eigenvalue weighted by atomic mass is 79.9. The van der Waals surface area contributed by atoms with Crippen LogP contribution in [0.4, 0.5) is 0 Å². The van der Waals surface area contributed by atoms with Crippen LogP contribution < -0.4 is 0 Å². The second-order valence-electron chi connectivity index (χ2n) is 2.88. The lowest BCUT2D eigenvalue weighted by Gasteiger charge is -2.09. The monoisotopic (exact) mass is 290 g/mol. The molecule has 0 aliphatic carbocycles. The number of aromatic nitrogens is 2. The Bertz CT molecular complexity index is 349. The fourth-order valence-corrected chi connectivity index (χ4v) is 2.31. The molecule has 82 valence electrons. The Labute approximate surface area is 101 Å². The maximum absolute atomic E-state index is 11.0. The van der Waals surface area contributed by atoms with Gasteiger partial charge in [-0.15, -0.1) is 11.8 Å². The van der Waals surface area contributed by atoms with Crippen molar-refractivity contribution >= 4 is 33.7 Å². The first-order valence-electron chi connectivity index (χ1n) is 4.32. The van der Waals surface area contributed by atoms with Crippen LogP contribution >= 0.6 is 27.7 Å². The fourth-order valence-electron chi connectivity index (χ4n) is 0.938. The highest BCUT2D eigenvalue weighted by Crippen LogP contribution is 2.28. The molecule has 0 radical (unpaired) electrons. The van der Waals surface area contributed by atoms with Crippen LogP contribution in [0.15, 0.2) is 22.0 Å². The molecule has 0 amide bonds. The van der Waals surface area contributed by atoms with E-state index < -0.39 is 0 Å². The predicted molar refractivity (Wildman–Crippen MR) is 61.7 cm³/mol. The van der Waals surface area contributed by atoms with Crippen molar-refractivity contribution in [1.82, 2.24) is 9.97 Å². The van der Waals surface area contributed by atoms with Gasteiger partial charge in [-0.1, -0.05) is 6.92 Å². The number of hydrogen-bond donors (Lipinski definition) is 0. The lowest BCUT2D eigenvalue weighted by molar-refractivity contribution is -0.140. The van der Waals surface area contributed by atoms with E-state index in [0.29, 0.717) is 6.42 Å². The van der Waals surface area contributed by atoms with E-state index in [1.54, 1.807) is 6.20 Å². The van der Waals surface area contributed by atoms with Crippen LogP contribution in [0.1, 0.15) is 13.3 Å². The van der Waals surface area contributed by atoms with Crippen molar-refractivity contribution in [2.75, 3.05) is 7.11 Å². The normalized spacial score (nSPS) is 12.2. The minimum Gasteiger partial charge on any atom is -0.469 e. The number of carbonyl (C=O) groups is 1. The van der Waals surface area contributed by atoms with Crippen molar-refractivity contribution in [1.29, 1.82) is 0 Å². The van der Waals surface area contributed by atoms with E-state index in [2.05, 4.69) is 30.6 Å². The van der Waals surface area contributed by atoms with Crippen LogP contribution in [0.5, 0.6) is 0 Å². The molecule has 1 unspecified atom stereocenters. The van der Waals surface area contributed by atoms with E-state index in [9.17, 15) is 4.79 Å². The average molecular weight is 291 g/mol. The Balaban J connectivity index is 2.55. The smallest absolute Gasteiger partial charge is 0.306 e. The first-order chi connectivity index (χ1) is 7.13. The van der Waals surface area contributed by atoms with E-state index >= 15 is 0 Å². The van der Waals surface area contributed by atoms with Gasteiger partial charge in [0.15, 0.2) is 0 Å². The van der Waals surface area contributed by atoms with Gasteiger partial charge in [-0.3, -0.25) is 4.79 Å². The van der Waals surface area contributed by atoms with Gasteiger partial charge in [0.25, 0.3) is 0 Å². The molecule has 6 heteroatoms. The molecule has 1 aromatic rings. The maximum Gasteiger partial charge on any atom is 0.306 e. The lowest BCUT2D eigenvalue weighted by Crippen LogP contribution is -2.08. The zero-order valence-corrected chi connectivity index (χ0v) is 10.8. The van der Waals surface area contributed by atoms with Gasteiger partial charge in [-0.25, -0.2) is 9.97 Å². The van der Waals surface area contributed by atoms with Gasteiger partial charge < -0.3 is 4.74 Å². The van der Waals surface area contributed by atoms with Gasteiger partial charge >= 0.3 is 5.97 Å². The number of nitrogens with zero attached hydrogens (tertiary/aromatic N) is 2. The van der Waals surface area contributed by atoms with Crippen molar-refractivity contribution in [2.24, 2.45) is 0 Å². The minimum atomic E-state index is -0.208. The van der Waals surface area contributed by atoms with Gasteiger partial charge in [-0.05, 0) is 15.9 Å². The molecule has 0 saturated carbocycles. The van der Waals surface area contributed by atoms with Crippen molar-refractivity contribution in [2.45, 2.75) is 23.6 Å². The summed E-state index contributed by atoms with van der Waals surface area (Å²) in [6.07, 6.45) is 3.54. The van der Waals surface area contributed by atoms with Crippen LogP contribution in [0.2, 0.25) is 0 Å². The number of esters is 1. The summed E-state index contributed by atoms with van der Waals surface area (Å²) in [6, 6.07) is 0. The van der Waals surface area contributed by atoms with Crippen molar-refractivity contribution < 1.29 is 9.53 Å². The molecule has 15 heavy (non-hydrogen) atoms. The Morgan fingerprint density at radius 3 is 3.07 bits per heavy atom. The molecule has 1 atom stereocenters. The Morgan fingerprint density at radius 1 is 1.73 bits per heavy atom. The Morgan fingerprint density at radius 2 is 2.47 bits per heavy atom. The molecule has 1 heterocycles. The van der Waals surface area contributed by atoms with Crippen LogP contribution in [0.25, 0.3) is 0 Å². The van der Waals surface area contributed by atoms with Crippen LogP contribution in [-0.4, -0.2) is 28.3 Å². The largest absolute Gasteiger partial charge is 0.469 e. The molecule has 0 saturated heterocycles. The van der Waals surface area contributed by atoms with Gasteiger partial charge in [0.2, 0.25) is 0 Å². The summed E-state index contributed by atoms with van der Waals surface area (Å²) in [4.78, 5) is 19.0. The molecule has 0 aromatic carbocycles. The van der Waals surface area contributed by atoms with E-state index in [1.807, 2.05) is 6.92 Å². The molecular formula is C9H11BrN2O2S. The first-order valence-corrected chi connectivity index (χ1v) is 5.99. The fraction of sp³-hybridized carbons (Fsp3) is 0.444. The molecule has 0 fully saturated rings. The summed E-state index contributed by atoms with van der Waals surface area (Å²) in [5.74, 6) is -0.208. The van der Waals surface area contributed by atoms with Crippen LogP contribution in [-0.2, 0) is 9.53 Å². The van der Waals surface area contributed by atoms with Gasteiger partial charge in [-0.2, -0.15) is 0 Å². The van der Waals surface area contributed by atoms with Gasteiger partial charge in [0.1, 0.15) is 11.4 Å². The molecule has 1 rings (SSSR count). The van der Waals surface area contributed by atoms with Gasteiger partial charge in [0.05, 0.1) is 18.0 Å². The number of carbonyl (C=O) groups excluding carboxylic acids is 1. The molecule has 0 spiro atoms. The van der Waals surface area contributed by atoms with E-state index in [4.69, 9.17) is 0 Å². The quantitative estimate of drug-likeness (QED) is 0.484. The molecule has 4 nitrogen and oxygen atoms in total. The second-order valence-corrected chi connectivity index (χ2v) is 5.17. The Hall–Kier alpha value is -0.620. The summed E-state index contributed by atoms with van der Waals surface area (Å²) in [7, 11) is 1.39. The summed E-state index contributed by atoms with van der Waals surface area (Å²) < 4.78 is 5.43. The maximum atomic E-state index is 11.0. The average Bonchev–Trinajstić information content (AvgIpc) is 2.21. The third kappa shape index (κ3) is 4.17. The number of methoxy groups -OCH3 is 1. The van der Waals surface area contributed by atoms with E-state index in [0.717, 1.165) is 9.50 Å². The summed E-state index contributed by atoms with van der Waals surface area (Å²) in [6.45, 7) is 1.95. The standard InChI is InChI=1S/C9H11BrN2O2S/c1-6(3-8(13)14-2)15-9-7(10)4-11-5-12-9/h4-6H,3H2,1-2H3. The van der Waals surface area contributed by atoms with Crippen LogP contribution in [0, 0.1) is 0 Å². The zero-order valence-electron chi connectivity index (χ0n) is 8.44. The first kappa shape index (κ1) is 12.4. The molecule has 0 aliphatic rings. The number of ether oxygens (including phenoxy) is 1. The number of rotatable bonds is 4. The van der Waals surface area contributed by atoms with Crippen molar-refractivity contribution in [3.05, 3.63) is 17.0 Å². The molecule has 1 aromatic heterocycles. The summed E-state index contributed by atoms with van der Waals surface area (Å²) in [5, 5.41) is 0.963.